The van der Waals surface area contributed by atoms with Crippen LogP contribution in [0.1, 0.15) is 23.2 Å². The maximum Gasteiger partial charge on any atom is 0.253 e. The van der Waals surface area contributed by atoms with Crippen molar-refractivity contribution < 1.29 is 13.2 Å². The minimum Gasteiger partial charge on any atom is -0.345 e. The lowest BCUT2D eigenvalue weighted by Crippen LogP contribution is -2.48. The molecule has 1 saturated heterocycles. The molecule has 2 heterocycles. The molecule has 1 aliphatic carbocycles. The van der Waals surface area contributed by atoms with Gasteiger partial charge in [-0.05, 0) is 49.2 Å². The molecule has 1 aromatic heterocycles. The number of anilines is 1. The average molecular weight is 457 g/mol. The molecule has 1 aliphatic heterocycles. The van der Waals surface area contributed by atoms with Crippen LogP contribution in [0.15, 0.2) is 53.4 Å². The van der Waals surface area contributed by atoms with Gasteiger partial charge in [0.2, 0.25) is 10.0 Å². The Morgan fingerprint density at radius 1 is 1.03 bits per heavy atom. The highest BCUT2D eigenvalue weighted by atomic mass is 32.2. The summed E-state index contributed by atoms with van der Waals surface area (Å²) in [6.45, 7) is 2.67. The molecule has 0 atom stereocenters. The first-order valence-electron chi connectivity index (χ1n) is 10.4. The molecule has 0 N–H and O–H groups in total. The molecule has 1 saturated carbocycles. The van der Waals surface area contributed by atoms with Crippen LogP contribution in [0.25, 0.3) is 10.2 Å². The van der Waals surface area contributed by atoms with Gasteiger partial charge in [-0.3, -0.25) is 4.79 Å². The summed E-state index contributed by atoms with van der Waals surface area (Å²) in [7, 11) is -1.87. The van der Waals surface area contributed by atoms with Crippen LogP contribution in [0.4, 0.5) is 5.13 Å². The van der Waals surface area contributed by atoms with Crippen molar-refractivity contribution in [1.82, 2.24) is 14.2 Å². The van der Waals surface area contributed by atoms with Crippen molar-refractivity contribution in [3.63, 3.8) is 0 Å². The van der Waals surface area contributed by atoms with Gasteiger partial charge in [0.15, 0.2) is 5.13 Å². The summed E-state index contributed by atoms with van der Waals surface area (Å²) < 4.78 is 27.9. The van der Waals surface area contributed by atoms with Crippen LogP contribution in [-0.4, -0.2) is 67.8 Å². The maximum absolute atomic E-state index is 12.9. The molecule has 2 aliphatic rings. The van der Waals surface area contributed by atoms with E-state index in [9.17, 15) is 13.2 Å². The fraction of sp³-hybridized carbons (Fsp3) is 0.364. The zero-order chi connectivity index (χ0) is 21.6. The number of hydrogen-bond acceptors (Lipinski definition) is 6. The Balaban J connectivity index is 1.24. The third kappa shape index (κ3) is 3.93. The second kappa shape index (κ2) is 7.89. The monoisotopic (exact) mass is 456 g/mol. The number of amides is 1. The van der Waals surface area contributed by atoms with E-state index in [0.717, 1.165) is 36.6 Å². The number of sulfonamides is 1. The molecule has 9 heteroatoms. The molecule has 2 fully saturated rings. The molecule has 0 bridgehead atoms. The number of piperazine rings is 1. The lowest BCUT2D eigenvalue weighted by atomic mass is 10.2. The molecule has 0 unspecified atom stereocenters. The van der Waals surface area contributed by atoms with Gasteiger partial charge in [0, 0.05) is 44.8 Å². The Morgan fingerprint density at radius 2 is 1.71 bits per heavy atom. The van der Waals surface area contributed by atoms with Crippen LogP contribution < -0.4 is 4.90 Å². The standard InChI is InChI=1S/C22H24N4O3S2/c1-24(17-8-9-17)31(28,29)18-10-6-16(7-11-18)21(27)25-12-14-26(15-13-25)22-23-19-4-2-3-5-20(19)30-22/h2-7,10-11,17H,8-9,12-15H2,1H3. The lowest BCUT2D eigenvalue weighted by Gasteiger charge is -2.34. The molecule has 31 heavy (non-hydrogen) atoms. The van der Waals surface area contributed by atoms with Gasteiger partial charge in [-0.25, -0.2) is 13.4 Å². The van der Waals surface area contributed by atoms with Crippen LogP contribution >= 0.6 is 11.3 Å². The first-order chi connectivity index (χ1) is 14.9. The zero-order valence-corrected chi connectivity index (χ0v) is 18.9. The SMILES string of the molecule is CN(C1CC1)S(=O)(=O)c1ccc(C(=O)N2CCN(c3nc4ccccc4s3)CC2)cc1. The smallest absolute Gasteiger partial charge is 0.253 e. The molecule has 0 radical (unpaired) electrons. The van der Waals surface area contributed by atoms with Gasteiger partial charge in [0.25, 0.3) is 5.91 Å². The van der Waals surface area contributed by atoms with E-state index in [4.69, 9.17) is 4.98 Å². The molecule has 7 nitrogen and oxygen atoms in total. The summed E-state index contributed by atoms with van der Waals surface area (Å²) >= 11 is 1.67. The molecular formula is C22H24N4O3S2. The Bertz CT molecular complexity index is 1180. The van der Waals surface area contributed by atoms with E-state index < -0.39 is 10.0 Å². The summed E-state index contributed by atoms with van der Waals surface area (Å²) in [5.74, 6) is -0.0663. The van der Waals surface area contributed by atoms with Crippen molar-refractivity contribution in [3.8, 4) is 0 Å². The third-order valence-electron chi connectivity index (χ3n) is 5.96. The first kappa shape index (κ1) is 20.4. The van der Waals surface area contributed by atoms with Crippen LogP contribution in [0.3, 0.4) is 0 Å². The number of hydrogen-bond donors (Lipinski definition) is 0. The normalized spacial score (nSPS) is 17.5. The van der Waals surface area contributed by atoms with E-state index in [0.29, 0.717) is 18.7 Å². The van der Waals surface area contributed by atoms with Crippen molar-refractivity contribution in [2.24, 2.45) is 0 Å². The van der Waals surface area contributed by atoms with E-state index in [2.05, 4.69) is 11.0 Å². The number of nitrogens with zero attached hydrogens (tertiary/aromatic N) is 4. The van der Waals surface area contributed by atoms with Crippen LogP contribution in [-0.2, 0) is 10.0 Å². The molecule has 5 rings (SSSR count). The second-order valence-electron chi connectivity index (χ2n) is 8.02. The minimum atomic E-state index is -3.50. The molecular weight excluding hydrogens is 432 g/mol. The Hall–Kier alpha value is -2.49. The van der Waals surface area contributed by atoms with Gasteiger partial charge in [-0.2, -0.15) is 4.31 Å². The number of carbonyl (C=O) groups is 1. The number of fused-ring (bicyclic) bond motifs is 1. The van der Waals surface area contributed by atoms with Crippen molar-refractivity contribution in [1.29, 1.82) is 0 Å². The van der Waals surface area contributed by atoms with Crippen LogP contribution in [0, 0.1) is 0 Å². The zero-order valence-electron chi connectivity index (χ0n) is 17.3. The van der Waals surface area contributed by atoms with Crippen LogP contribution in [0.5, 0.6) is 0 Å². The van der Waals surface area contributed by atoms with Crippen molar-refractivity contribution in [2.75, 3.05) is 38.1 Å². The maximum atomic E-state index is 12.9. The lowest BCUT2D eigenvalue weighted by molar-refractivity contribution is 0.0746. The van der Waals surface area contributed by atoms with Gasteiger partial charge < -0.3 is 9.80 Å². The van der Waals surface area contributed by atoms with E-state index in [-0.39, 0.29) is 16.8 Å². The molecule has 162 valence electrons. The summed E-state index contributed by atoms with van der Waals surface area (Å²) in [5.41, 5.74) is 1.52. The van der Waals surface area contributed by atoms with Gasteiger partial charge in [0.05, 0.1) is 15.1 Å². The number of aromatic nitrogens is 1. The fourth-order valence-corrected chi connectivity index (χ4v) is 6.28. The molecule has 0 spiro atoms. The van der Waals surface area contributed by atoms with E-state index in [1.807, 2.05) is 23.1 Å². The quantitative estimate of drug-likeness (QED) is 0.590. The Morgan fingerprint density at radius 3 is 2.35 bits per heavy atom. The van der Waals surface area contributed by atoms with Crippen molar-refractivity contribution in [3.05, 3.63) is 54.1 Å². The predicted molar refractivity (Wildman–Crippen MR) is 122 cm³/mol. The molecule has 2 aromatic carbocycles. The van der Waals surface area contributed by atoms with Crippen molar-refractivity contribution >= 4 is 42.6 Å². The first-order valence-corrected chi connectivity index (χ1v) is 12.7. The number of carbonyl (C=O) groups excluding carboxylic acids is 1. The van der Waals surface area contributed by atoms with Gasteiger partial charge in [-0.1, -0.05) is 23.5 Å². The third-order valence-corrected chi connectivity index (χ3v) is 8.98. The topological polar surface area (TPSA) is 73.8 Å². The summed E-state index contributed by atoms with van der Waals surface area (Å²) in [4.78, 5) is 21.9. The Kier molecular flexibility index (Phi) is 5.19. The number of rotatable bonds is 5. The predicted octanol–water partition coefficient (Wildman–Crippen LogP) is 3.04. The summed E-state index contributed by atoms with van der Waals surface area (Å²) in [5, 5.41) is 0.989. The fourth-order valence-electron chi connectivity index (χ4n) is 3.85. The number of para-hydroxylation sites is 1. The van der Waals surface area contributed by atoms with E-state index in [1.54, 1.807) is 42.6 Å². The minimum absolute atomic E-state index is 0.0663. The second-order valence-corrected chi connectivity index (χ2v) is 11.0. The van der Waals surface area contributed by atoms with Crippen molar-refractivity contribution in [2.45, 2.75) is 23.8 Å². The van der Waals surface area contributed by atoms with E-state index >= 15 is 0 Å². The largest absolute Gasteiger partial charge is 0.345 e. The molecule has 1 amide bonds. The highest BCUT2D eigenvalue weighted by Gasteiger charge is 2.35. The molecule has 3 aromatic rings. The van der Waals surface area contributed by atoms with Gasteiger partial charge >= 0.3 is 0 Å². The summed E-state index contributed by atoms with van der Waals surface area (Å²) in [6, 6.07) is 14.5. The highest BCUT2D eigenvalue weighted by molar-refractivity contribution is 7.89. The summed E-state index contributed by atoms with van der Waals surface area (Å²) in [6.07, 6.45) is 1.82. The van der Waals surface area contributed by atoms with Crippen LogP contribution in [0.2, 0.25) is 0 Å². The number of thiazole rings is 1. The number of benzene rings is 2. The van der Waals surface area contributed by atoms with Gasteiger partial charge in [-0.15, -0.1) is 0 Å². The highest BCUT2D eigenvalue weighted by Crippen LogP contribution is 2.31. The van der Waals surface area contributed by atoms with E-state index in [1.165, 1.54) is 9.01 Å². The average Bonchev–Trinajstić information content (AvgIpc) is 3.56. The van der Waals surface area contributed by atoms with Gasteiger partial charge in [0.1, 0.15) is 0 Å². The Labute approximate surface area is 186 Å².